The van der Waals surface area contributed by atoms with Crippen LogP contribution in [0.1, 0.15) is 31.7 Å². The molecule has 0 radical (unpaired) electrons. The first-order valence-electron chi connectivity index (χ1n) is 7.98. The monoisotopic (exact) mass is 312 g/mol. The van der Waals surface area contributed by atoms with E-state index in [0.717, 1.165) is 23.4 Å². The van der Waals surface area contributed by atoms with Crippen molar-refractivity contribution in [3.05, 3.63) is 60.2 Å². The van der Waals surface area contributed by atoms with E-state index >= 15 is 0 Å². The highest BCUT2D eigenvalue weighted by molar-refractivity contribution is 5.90. The number of amides is 2. The molecule has 2 N–H and O–H groups in total. The molecule has 0 saturated carbocycles. The number of hydrogen-bond acceptors (Lipinski definition) is 2. The Bertz CT molecular complexity index is 612. The summed E-state index contributed by atoms with van der Waals surface area (Å²) in [5, 5.41) is 5.76. The zero-order valence-corrected chi connectivity index (χ0v) is 13.7. The number of benzene rings is 2. The highest BCUT2D eigenvalue weighted by atomic mass is 16.5. The van der Waals surface area contributed by atoms with E-state index in [0.29, 0.717) is 19.1 Å². The highest BCUT2D eigenvalue weighted by Gasteiger charge is 2.08. The van der Waals surface area contributed by atoms with Gasteiger partial charge in [-0.3, -0.25) is 0 Å². The van der Waals surface area contributed by atoms with Gasteiger partial charge in [0, 0.05) is 12.2 Å². The second kappa shape index (κ2) is 8.83. The zero-order valence-electron chi connectivity index (χ0n) is 13.7. The minimum absolute atomic E-state index is 0.183. The molecular formula is C19H24N2O2. The maximum atomic E-state index is 12.0. The van der Waals surface area contributed by atoms with Gasteiger partial charge in [0.15, 0.2) is 0 Å². The summed E-state index contributed by atoms with van der Waals surface area (Å²) in [6.45, 7) is 5.37. The standard InChI is InChI=1S/C19H24N2O2/c1-15(2)17-11-6-7-12-18(17)21-19(22)20-13-8-14-23-16-9-4-3-5-10-16/h3-7,9-12,15H,8,13-14H2,1-2H3,(H2,20,21,22). The zero-order chi connectivity index (χ0) is 16.5. The molecular weight excluding hydrogens is 288 g/mol. The molecule has 0 saturated heterocycles. The van der Waals surface area contributed by atoms with Crippen molar-refractivity contribution < 1.29 is 9.53 Å². The van der Waals surface area contributed by atoms with Gasteiger partial charge in [0.1, 0.15) is 5.75 Å². The molecule has 2 rings (SSSR count). The van der Waals surface area contributed by atoms with Crippen molar-refractivity contribution in [1.82, 2.24) is 5.32 Å². The number of para-hydroxylation sites is 2. The number of carbonyl (C=O) groups is 1. The van der Waals surface area contributed by atoms with Crippen molar-refractivity contribution in [3.63, 3.8) is 0 Å². The summed E-state index contributed by atoms with van der Waals surface area (Å²) in [6.07, 6.45) is 0.758. The summed E-state index contributed by atoms with van der Waals surface area (Å²) in [7, 11) is 0. The number of anilines is 1. The molecule has 0 spiro atoms. The fourth-order valence-electron chi connectivity index (χ4n) is 2.26. The summed E-state index contributed by atoms with van der Waals surface area (Å²) in [6, 6.07) is 17.4. The van der Waals surface area contributed by atoms with Gasteiger partial charge in [-0.05, 0) is 36.1 Å². The Labute approximate surface area is 137 Å². The van der Waals surface area contributed by atoms with Crippen LogP contribution in [0.15, 0.2) is 54.6 Å². The number of nitrogens with one attached hydrogen (secondary N) is 2. The molecule has 2 aromatic carbocycles. The van der Waals surface area contributed by atoms with Gasteiger partial charge in [-0.25, -0.2) is 4.79 Å². The smallest absolute Gasteiger partial charge is 0.319 e. The van der Waals surface area contributed by atoms with Crippen molar-refractivity contribution >= 4 is 11.7 Å². The lowest BCUT2D eigenvalue weighted by Crippen LogP contribution is -2.30. The van der Waals surface area contributed by atoms with Crippen molar-refractivity contribution in [2.24, 2.45) is 0 Å². The minimum atomic E-state index is -0.183. The first kappa shape index (κ1) is 16.9. The van der Waals surface area contributed by atoms with Crippen LogP contribution in [0.4, 0.5) is 10.5 Å². The molecule has 122 valence electrons. The van der Waals surface area contributed by atoms with E-state index in [-0.39, 0.29) is 6.03 Å². The SMILES string of the molecule is CC(C)c1ccccc1NC(=O)NCCCOc1ccccc1. The van der Waals surface area contributed by atoms with Crippen molar-refractivity contribution in [2.45, 2.75) is 26.2 Å². The molecule has 0 fully saturated rings. The van der Waals surface area contributed by atoms with E-state index in [1.807, 2.05) is 54.6 Å². The molecule has 23 heavy (non-hydrogen) atoms. The third kappa shape index (κ3) is 5.66. The summed E-state index contributed by atoms with van der Waals surface area (Å²) >= 11 is 0. The molecule has 2 amide bonds. The number of carbonyl (C=O) groups excluding carboxylic acids is 1. The van der Waals surface area contributed by atoms with E-state index in [2.05, 4.69) is 24.5 Å². The van der Waals surface area contributed by atoms with Gasteiger partial charge in [-0.15, -0.1) is 0 Å². The Kier molecular flexibility index (Phi) is 6.48. The topological polar surface area (TPSA) is 50.4 Å². The van der Waals surface area contributed by atoms with Crippen molar-refractivity contribution in [2.75, 3.05) is 18.5 Å². The van der Waals surface area contributed by atoms with Crippen molar-refractivity contribution in [1.29, 1.82) is 0 Å². The van der Waals surface area contributed by atoms with Crippen LogP contribution in [0.3, 0.4) is 0 Å². The second-order valence-corrected chi connectivity index (χ2v) is 5.64. The van der Waals surface area contributed by atoms with E-state index in [9.17, 15) is 4.79 Å². The van der Waals surface area contributed by atoms with Gasteiger partial charge in [0.05, 0.1) is 6.61 Å². The summed E-state index contributed by atoms with van der Waals surface area (Å²) in [5.41, 5.74) is 2.00. The normalized spacial score (nSPS) is 10.4. The fourth-order valence-corrected chi connectivity index (χ4v) is 2.26. The number of ether oxygens (including phenoxy) is 1. The number of rotatable bonds is 7. The molecule has 0 aliphatic carbocycles. The van der Waals surface area contributed by atoms with Gasteiger partial charge in [-0.1, -0.05) is 50.2 Å². The van der Waals surface area contributed by atoms with Crippen LogP contribution >= 0.6 is 0 Å². The molecule has 0 aliphatic heterocycles. The maximum absolute atomic E-state index is 12.0. The van der Waals surface area contributed by atoms with Gasteiger partial charge < -0.3 is 15.4 Å². The van der Waals surface area contributed by atoms with Gasteiger partial charge in [0.2, 0.25) is 0 Å². The molecule has 0 aromatic heterocycles. The molecule has 4 heteroatoms. The predicted octanol–water partition coefficient (Wildman–Crippen LogP) is 4.40. The van der Waals surface area contributed by atoms with E-state index in [4.69, 9.17) is 4.74 Å². The Morgan fingerprint density at radius 3 is 2.48 bits per heavy atom. The lowest BCUT2D eigenvalue weighted by Gasteiger charge is -2.14. The van der Waals surface area contributed by atoms with E-state index in [1.54, 1.807) is 0 Å². The molecule has 0 atom stereocenters. The van der Waals surface area contributed by atoms with Gasteiger partial charge in [-0.2, -0.15) is 0 Å². The fraction of sp³-hybridized carbons (Fsp3) is 0.316. The summed E-state index contributed by atoms with van der Waals surface area (Å²) < 4.78 is 5.58. The average Bonchev–Trinajstić information content (AvgIpc) is 2.56. The number of urea groups is 1. The Balaban J connectivity index is 1.69. The predicted molar refractivity (Wildman–Crippen MR) is 94.1 cm³/mol. The first-order valence-corrected chi connectivity index (χ1v) is 7.98. The molecule has 4 nitrogen and oxygen atoms in total. The summed E-state index contributed by atoms with van der Waals surface area (Å²) in [5.74, 6) is 1.22. The lowest BCUT2D eigenvalue weighted by molar-refractivity contribution is 0.250. The molecule has 0 unspecified atom stereocenters. The van der Waals surface area contributed by atoms with Crippen LogP contribution in [-0.2, 0) is 0 Å². The molecule has 2 aromatic rings. The minimum Gasteiger partial charge on any atom is -0.494 e. The second-order valence-electron chi connectivity index (χ2n) is 5.64. The first-order chi connectivity index (χ1) is 11.2. The third-order valence-corrected chi connectivity index (χ3v) is 3.45. The van der Waals surface area contributed by atoms with E-state index < -0.39 is 0 Å². The van der Waals surface area contributed by atoms with Crippen LogP contribution in [0.5, 0.6) is 5.75 Å². The van der Waals surface area contributed by atoms with Crippen LogP contribution in [-0.4, -0.2) is 19.2 Å². The van der Waals surface area contributed by atoms with E-state index in [1.165, 1.54) is 0 Å². The quantitative estimate of drug-likeness (QED) is 0.744. The van der Waals surface area contributed by atoms with Crippen LogP contribution in [0.2, 0.25) is 0 Å². The molecule has 0 bridgehead atoms. The average molecular weight is 312 g/mol. The maximum Gasteiger partial charge on any atom is 0.319 e. The van der Waals surface area contributed by atoms with Crippen LogP contribution < -0.4 is 15.4 Å². The number of hydrogen-bond donors (Lipinski definition) is 2. The highest BCUT2D eigenvalue weighted by Crippen LogP contribution is 2.23. The molecule has 0 aliphatic rings. The largest absolute Gasteiger partial charge is 0.494 e. The van der Waals surface area contributed by atoms with Crippen LogP contribution in [0, 0.1) is 0 Å². The third-order valence-electron chi connectivity index (χ3n) is 3.45. The van der Waals surface area contributed by atoms with Gasteiger partial charge >= 0.3 is 6.03 Å². The van der Waals surface area contributed by atoms with Crippen LogP contribution in [0.25, 0.3) is 0 Å². The Morgan fingerprint density at radius 1 is 1.04 bits per heavy atom. The lowest BCUT2D eigenvalue weighted by atomic mass is 10.0. The van der Waals surface area contributed by atoms with Crippen molar-refractivity contribution in [3.8, 4) is 5.75 Å². The Morgan fingerprint density at radius 2 is 1.74 bits per heavy atom. The summed E-state index contributed by atoms with van der Waals surface area (Å²) in [4.78, 5) is 12.0. The Hall–Kier alpha value is -2.49. The molecule has 0 heterocycles. The van der Waals surface area contributed by atoms with Gasteiger partial charge in [0.25, 0.3) is 0 Å².